The van der Waals surface area contributed by atoms with Crippen LogP contribution in [0.25, 0.3) is 0 Å². The van der Waals surface area contributed by atoms with E-state index in [1.54, 1.807) is 0 Å². The first kappa shape index (κ1) is 22.9. The molecule has 1 spiro atoms. The predicted octanol–water partition coefficient (Wildman–Crippen LogP) is 5.02. The van der Waals surface area contributed by atoms with Crippen LogP contribution in [-0.2, 0) is 14.2 Å². The van der Waals surface area contributed by atoms with E-state index in [9.17, 15) is 0 Å². The van der Waals surface area contributed by atoms with Gasteiger partial charge in [0.25, 0.3) is 0 Å². The average molecular weight is 476 g/mol. The van der Waals surface area contributed by atoms with Crippen LogP contribution < -0.4 is 5.73 Å². The first-order chi connectivity index (χ1) is 12.5. The summed E-state index contributed by atoms with van der Waals surface area (Å²) in [5, 5.41) is 0. The van der Waals surface area contributed by atoms with E-state index < -0.39 is 24.2 Å². The van der Waals surface area contributed by atoms with E-state index in [2.05, 4.69) is 20.8 Å². The first-order valence-electron chi connectivity index (χ1n) is 11.2. The molecule has 0 amide bonds. The van der Waals surface area contributed by atoms with Crippen molar-refractivity contribution in [1.82, 2.24) is 0 Å². The third-order valence-corrected chi connectivity index (χ3v) is 20.9. The zero-order valence-electron chi connectivity index (χ0n) is 17.6. The van der Waals surface area contributed by atoms with Crippen LogP contribution in [0.15, 0.2) is 0 Å². The summed E-state index contributed by atoms with van der Waals surface area (Å²) in [6.45, 7) is 9.08. The molecule has 1 saturated heterocycles. The van der Waals surface area contributed by atoms with E-state index >= 15 is 0 Å². The molecular formula is C21H43NO3Sn. The van der Waals surface area contributed by atoms with Crippen LogP contribution in [0.1, 0.15) is 78.6 Å². The Morgan fingerprint density at radius 2 is 1.42 bits per heavy atom. The fraction of sp³-hybridized carbons (Fsp3) is 1.00. The Hall–Kier alpha value is 0.639. The molecule has 1 atom stereocenters. The molecule has 0 bridgehead atoms. The summed E-state index contributed by atoms with van der Waals surface area (Å²) in [4.78, 5) is 0. The normalized spacial score (nSPS) is 25.4. The minimum atomic E-state index is -2.21. The minimum absolute atomic E-state index is 0.262. The third kappa shape index (κ3) is 6.61. The Bertz CT molecular complexity index is 379. The number of nitrogens with two attached hydrogens (primary N) is 1. The molecule has 2 N–H and O–H groups in total. The van der Waals surface area contributed by atoms with Crippen molar-refractivity contribution >= 4 is 18.4 Å². The van der Waals surface area contributed by atoms with Crippen molar-refractivity contribution in [3.05, 3.63) is 0 Å². The molecule has 154 valence electrons. The number of ether oxygens (including phenoxy) is 3. The second-order valence-corrected chi connectivity index (χ2v) is 22.6. The Morgan fingerprint density at radius 3 is 1.92 bits per heavy atom. The zero-order chi connectivity index (χ0) is 18.9. The summed E-state index contributed by atoms with van der Waals surface area (Å²) in [6, 6.07) is 0. The van der Waals surface area contributed by atoms with E-state index in [0.717, 1.165) is 23.9 Å². The van der Waals surface area contributed by atoms with Gasteiger partial charge in [-0.25, -0.2) is 0 Å². The molecule has 1 heterocycles. The van der Waals surface area contributed by atoms with Crippen molar-refractivity contribution in [3.63, 3.8) is 0 Å². The van der Waals surface area contributed by atoms with Gasteiger partial charge in [0, 0.05) is 0 Å². The molecule has 0 aromatic carbocycles. The molecule has 26 heavy (non-hydrogen) atoms. The molecule has 1 aliphatic heterocycles. The molecule has 1 unspecified atom stereocenters. The van der Waals surface area contributed by atoms with Crippen molar-refractivity contribution in [1.29, 1.82) is 0 Å². The summed E-state index contributed by atoms with van der Waals surface area (Å²) in [7, 11) is 0. The molecule has 1 aliphatic carbocycles. The standard InChI is InChI=1S/C9H16NO3.3C4H9.Sn/c1-11-7-8(10)2-3-9(6-8)12-4-5-13-9;3*1-3-4-2;/h1-7,10H2;3*1,3-4H2,2H3;. The van der Waals surface area contributed by atoms with Gasteiger partial charge in [-0.3, -0.25) is 0 Å². The third-order valence-electron chi connectivity index (χ3n) is 6.42. The van der Waals surface area contributed by atoms with Crippen LogP contribution in [0, 0.1) is 0 Å². The Morgan fingerprint density at radius 1 is 0.885 bits per heavy atom. The Balaban J connectivity index is 1.89. The summed E-state index contributed by atoms with van der Waals surface area (Å²) in [5.41, 5.74) is 6.42. The van der Waals surface area contributed by atoms with E-state index in [1.165, 1.54) is 51.8 Å². The van der Waals surface area contributed by atoms with Gasteiger partial charge < -0.3 is 0 Å². The van der Waals surface area contributed by atoms with Crippen molar-refractivity contribution in [2.75, 3.05) is 24.4 Å². The molecule has 0 aromatic rings. The van der Waals surface area contributed by atoms with E-state index in [4.69, 9.17) is 19.9 Å². The molecule has 4 nitrogen and oxygen atoms in total. The number of rotatable bonds is 13. The van der Waals surface area contributed by atoms with Crippen LogP contribution >= 0.6 is 0 Å². The van der Waals surface area contributed by atoms with E-state index in [1.807, 2.05) is 0 Å². The van der Waals surface area contributed by atoms with Gasteiger partial charge in [0.2, 0.25) is 0 Å². The molecule has 0 radical (unpaired) electrons. The number of unbranched alkanes of at least 4 members (excludes halogenated alkanes) is 3. The van der Waals surface area contributed by atoms with Crippen LogP contribution in [0.3, 0.4) is 0 Å². The van der Waals surface area contributed by atoms with E-state index in [-0.39, 0.29) is 5.54 Å². The van der Waals surface area contributed by atoms with Crippen LogP contribution in [-0.4, -0.2) is 54.1 Å². The van der Waals surface area contributed by atoms with Gasteiger partial charge in [0.05, 0.1) is 0 Å². The monoisotopic (exact) mass is 477 g/mol. The van der Waals surface area contributed by atoms with Gasteiger partial charge in [0.1, 0.15) is 0 Å². The molecular weight excluding hydrogens is 433 g/mol. The second-order valence-electron chi connectivity index (χ2n) is 8.95. The van der Waals surface area contributed by atoms with Crippen molar-refractivity contribution in [2.24, 2.45) is 5.73 Å². The van der Waals surface area contributed by atoms with Gasteiger partial charge in [0.15, 0.2) is 0 Å². The number of hydrogen-bond acceptors (Lipinski definition) is 4. The topological polar surface area (TPSA) is 53.7 Å². The fourth-order valence-corrected chi connectivity index (χ4v) is 19.1. The quantitative estimate of drug-likeness (QED) is 0.380. The Labute approximate surface area is 165 Å². The summed E-state index contributed by atoms with van der Waals surface area (Å²) >= 11 is -2.21. The maximum atomic E-state index is 6.68. The van der Waals surface area contributed by atoms with E-state index in [0.29, 0.717) is 19.8 Å². The van der Waals surface area contributed by atoms with Crippen LogP contribution in [0.2, 0.25) is 13.3 Å². The second kappa shape index (κ2) is 11.0. The van der Waals surface area contributed by atoms with Gasteiger partial charge in [-0.2, -0.15) is 0 Å². The molecule has 2 rings (SSSR count). The SMILES string of the molecule is CCC[CH2][Sn]([CH2]CCC)([CH2]CCC)[CH2]OCC1(N)CCC2(C1)OCCO2. The summed E-state index contributed by atoms with van der Waals surface area (Å²) in [6.07, 6.45) is 10.8. The van der Waals surface area contributed by atoms with Crippen molar-refractivity contribution in [3.8, 4) is 0 Å². The first-order valence-corrected chi connectivity index (χ1v) is 19.2. The van der Waals surface area contributed by atoms with Gasteiger partial charge in [-0.1, -0.05) is 0 Å². The van der Waals surface area contributed by atoms with Crippen molar-refractivity contribution < 1.29 is 14.2 Å². The van der Waals surface area contributed by atoms with Crippen LogP contribution in [0.4, 0.5) is 0 Å². The maximum absolute atomic E-state index is 6.68. The summed E-state index contributed by atoms with van der Waals surface area (Å²) < 4.78 is 23.7. The van der Waals surface area contributed by atoms with Gasteiger partial charge in [-0.05, 0) is 0 Å². The zero-order valence-corrected chi connectivity index (χ0v) is 20.5. The molecule has 2 aliphatic rings. The fourth-order valence-electron chi connectivity index (χ4n) is 4.74. The van der Waals surface area contributed by atoms with Crippen molar-refractivity contribution in [2.45, 2.75) is 103 Å². The number of hydrogen-bond donors (Lipinski definition) is 1. The molecule has 2 fully saturated rings. The molecule has 0 aromatic heterocycles. The van der Waals surface area contributed by atoms with Gasteiger partial charge in [-0.15, -0.1) is 0 Å². The Kier molecular flexibility index (Phi) is 9.69. The predicted molar refractivity (Wildman–Crippen MR) is 111 cm³/mol. The summed E-state index contributed by atoms with van der Waals surface area (Å²) in [5.74, 6) is -0.398. The van der Waals surface area contributed by atoms with Gasteiger partial charge >= 0.3 is 166 Å². The van der Waals surface area contributed by atoms with Crippen LogP contribution in [0.5, 0.6) is 0 Å². The molecule has 1 saturated carbocycles. The average Bonchev–Trinajstić information content (AvgIpc) is 3.23. The molecule has 5 heteroatoms.